The minimum Gasteiger partial charge on any atom is -0.298 e. The summed E-state index contributed by atoms with van der Waals surface area (Å²) in [4.78, 5) is 19.3. The van der Waals surface area contributed by atoms with Crippen molar-refractivity contribution < 1.29 is 14.6 Å². The fraction of sp³-hybridized carbons (Fsp3) is 0.833. The molecular weight excluding hydrogens is 120 g/mol. The number of rotatable bonds is 3. The molecule has 54 valence electrons. The van der Waals surface area contributed by atoms with E-state index in [0.717, 1.165) is 0 Å². The van der Waals surface area contributed by atoms with Crippen molar-refractivity contribution in [1.82, 2.24) is 0 Å². The molecule has 0 fully saturated rings. The summed E-state index contributed by atoms with van der Waals surface area (Å²) in [6, 6.07) is 0. The van der Waals surface area contributed by atoms with Crippen molar-refractivity contribution in [2.24, 2.45) is 5.92 Å². The molecule has 0 aliphatic rings. The first-order valence-corrected chi connectivity index (χ1v) is 3.01. The highest BCUT2D eigenvalue weighted by molar-refractivity contribution is 5.70. The van der Waals surface area contributed by atoms with Gasteiger partial charge in [-0.25, -0.2) is 4.79 Å². The van der Waals surface area contributed by atoms with E-state index in [1.165, 1.54) is 0 Å². The van der Waals surface area contributed by atoms with Crippen molar-refractivity contribution in [3.63, 3.8) is 0 Å². The Labute approximate surface area is 54.9 Å². The molecule has 0 heterocycles. The quantitative estimate of drug-likeness (QED) is 0.426. The number of carbonyl (C=O) groups excluding carboxylic acids is 1. The smallest absolute Gasteiger partial charge is 0.298 e. The summed E-state index contributed by atoms with van der Waals surface area (Å²) in [6.07, 6.45) is 0. The Morgan fingerprint density at radius 1 is 1.56 bits per heavy atom. The zero-order chi connectivity index (χ0) is 7.28. The molecular formula is C6H12O3. The summed E-state index contributed by atoms with van der Waals surface area (Å²) in [6.45, 7) is 5.66. The lowest BCUT2D eigenvalue weighted by atomic mass is 10.2. The van der Waals surface area contributed by atoms with Crippen molar-refractivity contribution in [3.8, 4) is 0 Å². The SMILES string of the molecule is CCOOC(=O)C(C)C. The molecule has 0 aliphatic carbocycles. The Hall–Kier alpha value is -0.570. The average molecular weight is 132 g/mol. The summed E-state index contributed by atoms with van der Waals surface area (Å²) >= 11 is 0. The molecule has 0 atom stereocenters. The van der Waals surface area contributed by atoms with Crippen LogP contribution in [0.5, 0.6) is 0 Å². The van der Waals surface area contributed by atoms with Crippen LogP contribution in [0.3, 0.4) is 0 Å². The van der Waals surface area contributed by atoms with Crippen LogP contribution in [0.15, 0.2) is 0 Å². The summed E-state index contributed by atoms with van der Waals surface area (Å²) in [5.74, 6) is -0.437. The zero-order valence-electron chi connectivity index (χ0n) is 6.01. The van der Waals surface area contributed by atoms with E-state index in [1.807, 2.05) is 0 Å². The maximum atomic E-state index is 10.6. The third-order valence-electron chi connectivity index (χ3n) is 0.730. The second-order valence-electron chi connectivity index (χ2n) is 1.96. The van der Waals surface area contributed by atoms with Gasteiger partial charge in [0, 0.05) is 0 Å². The van der Waals surface area contributed by atoms with Gasteiger partial charge in [0.25, 0.3) is 0 Å². The maximum Gasteiger partial charge on any atom is 0.344 e. The Morgan fingerprint density at radius 3 is 2.44 bits per heavy atom. The van der Waals surface area contributed by atoms with Crippen LogP contribution >= 0.6 is 0 Å². The molecule has 9 heavy (non-hydrogen) atoms. The molecule has 0 amide bonds. The van der Waals surface area contributed by atoms with Crippen LogP contribution in [-0.2, 0) is 14.6 Å². The van der Waals surface area contributed by atoms with Gasteiger partial charge in [-0.3, -0.25) is 4.89 Å². The Kier molecular flexibility index (Phi) is 4.05. The topological polar surface area (TPSA) is 35.5 Å². The van der Waals surface area contributed by atoms with E-state index in [1.54, 1.807) is 20.8 Å². The van der Waals surface area contributed by atoms with E-state index in [2.05, 4.69) is 9.78 Å². The molecule has 0 radical (unpaired) electrons. The van der Waals surface area contributed by atoms with Gasteiger partial charge in [0.1, 0.15) is 0 Å². The lowest BCUT2D eigenvalue weighted by Gasteiger charge is -2.01. The van der Waals surface area contributed by atoms with Gasteiger partial charge in [-0.1, -0.05) is 13.8 Å². The first-order chi connectivity index (χ1) is 4.18. The molecule has 3 heteroatoms. The predicted molar refractivity (Wildman–Crippen MR) is 32.6 cm³/mol. The largest absolute Gasteiger partial charge is 0.344 e. The molecule has 0 aromatic carbocycles. The summed E-state index contributed by atoms with van der Waals surface area (Å²) < 4.78 is 0. The van der Waals surface area contributed by atoms with Crippen molar-refractivity contribution in [1.29, 1.82) is 0 Å². The van der Waals surface area contributed by atoms with Crippen LogP contribution in [-0.4, -0.2) is 12.6 Å². The van der Waals surface area contributed by atoms with Crippen LogP contribution in [0.25, 0.3) is 0 Å². The molecule has 0 unspecified atom stereocenters. The second-order valence-corrected chi connectivity index (χ2v) is 1.96. The molecule has 0 bridgehead atoms. The van der Waals surface area contributed by atoms with E-state index in [-0.39, 0.29) is 11.9 Å². The van der Waals surface area contributed by atoms with Gasteiger partial charge in [-0.2, -0.15) is 4.89 Å². The molecule has 0 aliphatic heterocycles. The summed E-state index contributed by atoms with van der Waals surface area (Å²) in [5, 5.41) is 0. The van der Waals surface area contributed by atoms with Crippen molar-refractivity contribution in [2.75, 3.05) is 6.61 Å². The maximum absolute atomic E-state index is 10.6. The van der Waals surface area contributed by atoms with Crippen LogP contribution < -0.4 is 0 Å². The first kappa shape index (κ1) is 8.43. The van der Waals surface area contributed by atoms with E-state index in [9.17, 15) is 4.79 Å². The van der Waals surface area contributed by atoms with Gasteiger partial charge in [0.15, 0.2) is 0 Å². The Morgan fingerprint density at radius 2 is 2.11 bits per heavy atom. The molecule has 0 aromatic rings. The number of hydrogen-bond donors (Lipinski definition) is 0. The molecule has 0 spiro atoms. The molecule has 3 nitrogen and oxygen atoms in total. The first-order valence-electron chi connectivity index (χ1n) is 3.01. The molecule has 0 aromatic heterocycles. The van der Waals surface area contributed by atoms with Crippen molar-refractivity contribution in [2.45, 2.75) is 20.8 Å². The van der Waals surface area contributed by atoms with Crippen LogP contribution in [0.1, 0.15) is 20.8 Å². The van der Waals surface area contributed by atoms with Crippen LogP contribution in [0.4, 0.5) is 0 Å². The van der Waals surface area contributed by atoms with E-state index >= 15 is 0 Å². The van der Waals surface area contributed by atoms with Gasteiger partial charge < -0.3 is 0 Å². The Bertz CT molecular complexity index is 88.3. The van der Waals surface area contributed by atoms with Crippen LogP contribution in [0.2, 0.25) is 0 Å². The van der Waals surface area contributed by atoms with Gasteiger partial charge in [0.2, 0.25) is 0 Å². The van der Waals surface area contributed by atoms with Gasteiger partial charge in [-0.15, -0.1) is 0 Å². The highest BCUT2D eigenvalue weighted by atomic mass is 17.2. The standard InChI is InChI=1S/C6H12O3/c1-4-8-9-6(7)5(2)3/h5H,4H2,1-3H3. The minimum atomic E-state index is -0.322. The van der Waals surface area contributed by atoms with E-state index in [0.29, 0.717) is 6.61 Å². The number of hydrogen-bond acceptors (Lipinski definition) is 3. The Balaban J connectivity index is 3.28. The molecule has 0 rings (SSSR count). The molecule has 0 saturated heterocycles. The second kappa shape index (κ2) is 4.32. The summed E-state index contributed by atoms with van der Waals surface area (Å²) in [5.41, 5.74) is 0. The molecule has 0 saturated carbocycles. The normalized spacial score (nSPS) is 9.78. The highest BCUT2D eigenvalue weighted by Gasteiger charge is 2.07. The fourth-order valence-corrected chi connectivity index (χ4v) is 0.213. The highest BCUT2D eigenvalue weighted by Crippen LogP contribution is 1.95. The van der Waals surface area contributed by atoms with Gasteiger partial charge in [-0.05, 0) is 6.92 Å². The van der Waals surface area contributed by atoms with Gasteiger partial charge in [0.05, 0.1) is 12.5 Å². The fourth-order valence-electron chi connectivity index (χ4n) is 0.213. The van der Waals surface area contributed by atoms with Crippen molar-refractivity contribution in [3.05, 3.63) is 0 Å². The zero-order valence-corrected chi connectivity index (χ0v) is 6.01. The lowest BCUT2D eigenvalue weighted by Crippen LogP contribution is -2.11. The predicted octanol–water partition coefficient (Wildman–Crippen LogP) is 1.14. The van der Waals surface area contributed by atoms with Crippen LogP contribution in [0, 0.1) is 5.92 Å². The molecule has 0 N–H and O–H groups in total. The monoisotopic (exact) mass is 132 g/mol. The minimum absolute atomic E-state index is 0.114. The number of carbonyl (C=O) groups is 1. The van der Waals surface area contributed by atoms with E-state index in [4.69, 9.17) is 0 Å². The third kappa shape index (κ3) is 3.97. The summed E-state index contributed by atoms with van der Waals surface area (Å²) in [7, 11) is 0. The van der Waals surface area contributed by atoms with Crippen molar-refractivity contribution >= 4 is 5.97 Å². The average Bonchev–Trinajstić information content (AvgIpc) is 1.82. The van der Waals surface area contributed by atoms with E-state index < -0.39 is 0 Å². The lowest BCUT2D eigenvalue weighted by molar-refractivity contribution is -0.272. The van der Waals surface area contributed by atoms with Gasteiger partial charge >= 0.3 is 5.97 Å². The third-order valence-corrected chi connectivity index (χ3v) is 0.730.